The molecule has 10 rings (SSSR count). The van der Waals surface area contributed by atoms with Crippen molar-refractivity contribution in [1.82, 2.24) is 0 Å². The number of benzene rings is 9. The number of fused-ring (bicyclic) bond motifs is 5. The zero-order chi connectivity index (χ0) is 36.2. The van der Waals surface area contributed by atoms with E-state index in [1.54, 1.807) is 0 Å². The van der Waals surface area contributed by atoms with Crippen molar-refractivity contribution < 1.29 is 0 Å². The van der Waals surface area contributed by atoms with Crippen molar-refractivity contribution in [2.45, 2.75) is 20.3 Å². The minimum atomic E-state index is 0.0284. The molecular weight excluding hydrogens is 647 g/mol. The second-order valence-corrected chi connectivity index (χ2v) is 14.8. The van der Waals surface area contributed by atoms with Crippen LogP contribution in [0.25, 0.3) is 77.5 Å². The Morgan fingerprint density at radius 3 is 1.43 bits per heavy atom. The number of hydrogen-bond acceptors (Lipinski definition) is 0. The molecule has 0 aromatic heterocycles. The molecule has 0 fully saturated rings. The van der Waals surface area contributed by atoms with E-state index in [1.807, 2.05) is 0 Å². The highest BCUT2D eigenvalue weighted by Gasteiger charge is 2.29. The van der Waals surface area contributed by atoms with E-state index in [0.717, 1.165) is 6.42 Å². The van der Waals surface area contributed by atoms with Gasteiger partial charge in [-0.1, -0.05) is 210 Å². The summed E-state index contributed by atoms with van der Waals surface area (Å²) in [6.07, 6.45) is 9.98. The van der Waals surface area contributed by atoms with Crippen molar-refractivity contribution in [3.8, 4) is 22.3 Å². The Morgan fingerprint density at radius 1 is 0.389 bits per heavy atom. The fraction of sp³-hybridized carbons (Fsp3) is 0.0566. The van der Waals surface area contributed by atoms with Crippen LogP contribution in [0.15, 0.2) is 176 Å². The predicted molar refractivity (Wildman–Crippen MR) is 237 cm³/mol. The Kier molecular flexibility index (Phi) is 7.88. The van der Waals surface area contributed by atoms with Crippen LogP contribution in [0.3, 0.4) is 0 Å². The minimum absolute atomic E-state index is 0.0284. The molecule has 0 bridgehead atoms. The van der Waals surface area contributed by atoms with E-state index in [0.29, 0.717) is 0 Å². The maximum atomic E-state index is 2.49. The van der Waals surface area contributed by atoms with E-state index in [1.165, 1.54) is 104 Å². The standard InChI is InChI=1S/C53H39B/c1-35-27-29-38-16-6-8-21-44(38)52(35)54(53-36(2)28-30-39-17-7-9-22-45(39)53)43-20-14-19-41(34-43)50-46-23-10-12-25-48(46)51(49-26-13-11-24-47(49)50)42-32-31-37-15-4-3-5-18-40(37)33-42/h4-34H,3H2,1-2H3. The predicted octanol–water partition coefficient (Wildman–Crippen LogP) is 12.2. The topological polar surface area (TPSA) is 0 Å². The van der Waals surface area contributed by atoms with E-state index in [2.05, 4.69) is 202 Å². The monoisotopic (exact) mass is 686 g/mol. The van der Waals surface area contributed by atoms with Gasteiger partial charge in [-0.05, 0) is 103 Å². The van der Waals surface area contributed by atoms with Gasteiger partial charge in [-0.25, -0.2) is 0 Å². The van der Waals surface area contributed by atoms with Crippen LogP contribution >= 0.6 is 0 Å². The number of hydrogen-bond donors (Lipinski definition) is 0. The molecule has 0 spiro atoms. The van der Waals surface area contributed by atoms with Gasteiger partial charge >= 0.3 is 0 Å². The Labute approximate surface area is 317 Å². The first-order valence-corrected chi connectivity index (χ1v) is 19.1. The number of allylic oxidation sites excluding steroid dienone is 2. The average molecular weight is 687 g/mol. The van der Waals surface area contributed by atoms with Crippen LogP contribution in [0.5, 0.6) is 0 Å². The molecule has 0 unspecified atom stereocenters. The van der Waals surface area contributed by atoms with Crippen molar-refractivity contribution in [3.05, 3.63) is 198 Å². The lowest BCUT2D eigenvalue weighted by Crippen LogP contribution is -2.54. The summed E-state index contributed by atoms with van der Waals surface area (Å²) in [4.78, 5) is 0. The fourth-order valence-electron chi connectivity index (χ4n) is 9.17. The summed E-state index contributed by atoms with van der Waals surface area (Å²) in [5.74, 6) is 0. The van der Waals surface area contributed by atoms with Crippen molar-refractivity contribution in [2.24, 2.45) is 0 Å². The normalized spacial score (nSPS) is 12.4. The van der Waals surface area contributed by atoms with Crippen LogP contribution in [0.4, 0.5) is 0 Å². The SMILES string of the molecule is Cc1ccc2ccccc2c1B(c1cccc(-c2c3ccccc3c(-c3ccc4c(c3)C=CCC=C4)c3ccccc23)c1)c1c(C)ccc2ccccc12. The first-order chi connectivity index (χ1) is 26.6. The third kappa shape index (κ3) is 5.31. The molecule has 0 atom stereocenters. The van der Waals surface area contributed by atoms with Gasteiger partial charge in [0.05, 0.1) is 0 Å². The summed E-state index contributed by atoms with van der Waals surface area (Å²) in [5.41, 5.74) is 14.3. The van der Waals surface area contributed by atoms with E-state index in [-0.39, 0.29) is 6.71 Å². The van der Waals surface area contributed by atoms with E-state index in [9.17, 15) is 0 Å². The smallest absolute Gasteiger partial charge is 0.0801 e. The van der Waals surface area contributed by atoms with Gasteiger partial charge in [0.15, 0.2) is 0 Å². The lowest BCUT2D eigenvalue weighted by Gasteiger charge is -2.24. The zero-order valence-corrected chi connectivity index (χ0v) is 30.7. The molecule has 0 amide bonds. The lowest BCUT2D eigenvalue weighted by molar-refractivity contribution is 1.44. The van der Waals surface area contributed by atoms with Crippen LogP contribution in [0, 0.1) is 13.8 Å². The number of rotatable bonds is 5. The molecule has 1 heteroatoms. The van der Waals surface area contributed by atoms with Gasteiger partial charge in [-0.2, -0.15) is 0 Å². The van der Waals surface area contributed by atoms with Gasteiger partial charge in [-0.3, -0.25) is 0 Å². The maximum absolute atomic E-state index is 2.49. The van der Waals surface area contributed by atoms with E-state index < -0.39 is 0 Å². The van der Waals surface area contributed by atoms with Crippen molar-refractivity contribution >= 4 is 78.3 Å². The van der Waals surface area contributed by atoms with Crippen molar-refractivity contribution in [3.63, 3.8) is 0 Å². The lowest BCUT2D eigenvalue weighted by atomic mass is 9.34. The Morgan fingerprint density at radius 2 is 0.870 bits per heavy atom. The highest BCUT2D eigenvalue weighted by molar-refractivity contribution is 6.98. The molecule has 54 heavy (non-hydrogen) atoms. The molecule has 0 N–H and O–H groups in total. The molecule has 0 saturated carbocycles. The summed E-state index contributed by atoms with van der Waals surface area (Å²) < 4.78 is 0. The molecule has 0 radical (unpaired) electrons. The minimum Gasteiger partial charge on any atom is -0.0801 e. The molecule has 0 saturated heterocycles. The van der Waals surface area contributed by atoms with Crippen LogP contribution < -0.4 is 16.4 Å². The molecule has 0 heterocycles. The Balaban J connectivity index is 1.25. The summed E-state index contributed by atoms with van der Waals surface area (Å²) in [6.45, 7) is 4.60. The van der Waals surface area contributed by atoms with Crippen LogP contribution in [0.1, 0.15) is 28.7 Å². The molecular formula is C53H39B. The average Bonchev–Trinajstić information content (AvgIpc) is 3.47. The molecule has 0 nitrogen and oxygen atoms in total. The van der Waals surface area contributed by atoms with Gasteiger partial charge in [0.2, 0.25) is 6.71 Å². The largest absolute Gasteiger partial charge is 0.243 e. The van der Waals surface area contributed by atoms with Gasteiger partial charge in [0.1, 0.15) is 0 Å². The first-order valence-electron chi connectivity index (χ1n) is 19.1. The second-order valence-electron chi connectivity index (χ2n) is 14.8. The van der Waals surface area contributed by atoms with Crippen LogP contribution in [0.2, 0.25) is 0 Å². The molecule has 1 aliphatic rings. The number of aryl methyl sites for hydroxylation is 2. The molecule has 9 aromatic rings. The van der Waals surface area contributed by atoms with Gasteiger partial charge in [-0.15, -0.1) is 0 Å². The summed E-state index contributed by atoms with van der Waals surface area (Å²) >= 11 is 0. The third-order valence-corrected chi connectivity index (χ3v) is 11.6. The highest BCUT2D eigenvalue weighted by Crippen LogP contribution is 2.44. The summed E-state index contributed by atoms with van der Waals surface area (Å²) in [5, 5.41) is 10.3. The molecule has 9 aromatic carbocycles. The van der Waals surface area contributed by atoms with Crippen LogP contribution in [-0.2, 0) is 0 Å². The Bertz CT molecular complexity index is 2850. The van der Waals surface area contributed by atoms with Gasteiger partial charge in [0, 0.05) is 0 Å². The fourth-order valence-corrected chi connectivity index (χ4v) is 9.17. The summed E-state index contributed by atoms with van der Waals surface area (Å²) in [7, 11) is 0. The zero-order valence-electron chi connectivity index (χ0n) is 30.7. The van der Waals surface area contributed by atoms with Gasteiger partial charge in [0.25, 0.3) is 0 Å². The Hall–Kier alpha value is -6.44. The van der Waals surface area contributed by atoms with E-state index in [4.69, 9.17) is 0 Å². The quantitative estimate of drug-likeness (QED) is 0.125. The van der Waals surface area contributed by atoms with Gasteiger partial charge < -0.3 is 0 Å². The molecule has 1 aliphatic carbocycles. The summed E-state index contributed by atoms with van der Waals surface area (Å²) in [6, 6.07) is 61.4. The molecule has 254 valence electrons. The van der Waals surface area contributed by atoms with Crippen molar-refractivity contribution in [1.29, 1.82) is 0 Å². The van der Waals surface area contributed by atoms with E-state index >= 15 is 0 Å². The van der Waals surface area contributed by atoms with Crippen LogP contribution in [-0.4, -0.2) is 6.71 Å². The highest BCUT2D eigenvalue weighted by atomic mass is 14.2. The molecule has 0 aliphatic heterocycles. The first kappa shape index (κ1) is 32.2. The van der Waals surface area contributed by atoms with Crippen molar-refractivity contribution in [2.75, 3.05) is 0 Å². The second kappa shape index (κ2) is 13.2. The maximum Gasteiger partial charge on any atom is 0.243 e. The third-order valence-electron chi connectivity index (χ3n) is 11.6.